The standard InChI is InChI=1S/C20H24N2O3S/c1-14-11-15(25-4)9-10-19(14)26(23,24)22-13-20(2,3)17-12-21-18-8-6-5-7-16(17)18/h5-12,21-22H,13H2,1-4H3. The Hall–Kier alpha value is -2.31. The van der Waals surface area contributed by atoms with E-state index in [-0.39, 0.29) is 10.3 Å². The van der Waals surface area contributed by atoms with Gasteiger partial charge in [-0.2, -0.15) is 0 Å². The Morgan fingerprint density at radius 1 is 1.15 bits per heavy atom. The second kappa shape index (κ2) is 6.78. The molecule has 0 unspecified atom stereocenters. The van der Waals surface area contributed by atoms with E-state index in [1.807, 2.05) is 44.3 Å². The molecule has 3 aromatic rings. The minimum Gasteiger partial charge on any atom is -0.497 e. The number of rotatable bonds is 6. The normalized spacial score (nSPS) is 12.5. The first-order chi connectivity index (χ1) is 12.2. The van der Waals surface area contributed by atoms with Gasteiger partial charge in [0.05, 0.1) is 12.0 Å². The van der Waals surface area contributed by atoms with Crippen LogP contribution >= 0.6 is 0 Å². The molecule has 1 heterocycles. The van der Waals surface area contributed by atoms with Crippen molar-refractivity contribution in [3.63, 3.8) is 0 Å². The highest BCUT2D eigenvalue weighted by atomic mass is 32.2. The van der Waals surface area contributed by atoms with Crippen LogP contribution in [0.15, 0.2) is 53.6 Å². The molecular formula is C20H24N2O3S. The van der Waals surface area contributed by atoms with E-state index in [2.05, 4.69) is 9.71 Å². The van der Waals surface area contributed by atoms with E-state index in [1.54, 1.807) is 32.2 Å². The second-order valence-corrected chi connectivity index (χ2v) is 8.82. The first-order valence-electron chi connectivity index (χ1n) is 8.45. The number of benzene rings is 2. The van der Waals surface area contributed by atoms with Gasteiger partial charge in [0, 0.05) is 29.1 Å². The summed E-state index contributed by atoms with van der Waals surface area (Å²) in [5, 5.41) is 1.11. The molecule has 0 saturated carbocycles. The Morgan fingerprint density at radius 2 is 1.88 bits per heavy atom. The van der Waals surface area contributed by atoms with E-state index in [4.69, 9.17) is 4.74 Å². The van der Waals surface area contributed by atoms with Gasteiger partial charge in [0.2, 0.25) is 10.0 Å². The number of aromatic amines is 1. The van der Waals surface area contributed by atoms with Gasteiger partial charge in [-0.05, 0) is 42.3 Å². The molecule has 0 amide bonds. The number of H-pyrrole nitrogens is 1. The van der Waals surface area contributed by atoms with Crippen LogP contribution in [0.4, 0.5) is 0 Å². The van der Waals surface area contributed by atoms with E-state index < -0.39 is 10.0 Å². The van der Waals surface area contributed by atoms with Gasteiger partial charge in [0.15, 0.2) is 0 Å². The van der Waals surface area contributed by atoms with E-state index >= 15 is 0 Å². The van der Waals surface area contributed by atoms with Crippen LogP contribution < -0.4 is 9.46 Å². The molecule has 0 fully saturated rings. The number of fused-ring (bicyclic) bond motifs is 1. The Balaban J connectivity index is 1.85. The Labute approximate surface area is 154 Å². The number of hydrogen-bond acceptors (Lipinski definition) is 3. The molecule has 0 spiro atoms. The highest BCUT2D eigenvalue weighted by molar-refractivity contribution is 7.89. The van der Waals surface area contributed by atoms with Crippen molar-refractivity contribution in [3.8, 4) is 5.75 Å². The van der Waals surface area contributed by atoms with Crippen LogP contribution in [0.1, 0.15) is 25.0 Å². The summed E-state index contributed by atoms with van der Waals surface area (Å²) in [5.41, 5.74) is 2.42. The molecule has 6 heteroatoms. The zero-order chi connectivity index (χ0) is 18.9. The second-order valence-electron chi connectivity index (χ2n) is 7.09. The maximum Gasteiger partial charge on any atom is 0.240 e. The fourth-order valence-electron chi connectivity index (χ4n) is 3.13. The Morgan fingerprint density at radius 3 is 2.58 bits per heavy atom. The third-order valence-electron chi connectivity index (χ3n) is 4.69. The van der Waals surface area contributed by atoms with Crippen LogP contribution in [0.3, 0.4) is 0 Å². The van der Waals surface area contributed by atoms with E-state index in [0.29, 0.717) is 17.9 Å². The highest BCUT2D eigenvalue weighted by Crippen LogP contribution is 2.30. The monoisotopic (exact) mass is 372 g/mol. The molecule has 0 aliphatic rings. The number of para-hydroxylation sites is 1. The Bertz CT molecular complexity index is 1040. The first-order valence-corrected chi connectivity index (χ1v) is 9.94. The van der Waals surface area contributed by atoms with Crippen LogP contribution in [0.2, 0.25) is 0 Å². The average molecular weight is 372 g/mol. The topological polar surface area (TPSA) is 71.2 Å². The van der Waals surface area contributed by atoms with Gasteiger partial charge in [-0.15, -0.1) is 0 Å². The van der Waals surface area contributed by atoms with Crippen molar-refractivity contribution in [2.45, 2.75) is 31.1 Å². The van der Waals surface area contributed by atoms with Gasteiger partial charge < -0.3 is 9.72 Å². The summed E-state index contributed by atoms with van der Waals surface area (Å²) in [7, 11) is -2.05. The number of sulfonamides is 1. The van der Waals surface area contributed by atoms with Gasteiger partial charge in [-0.1, -0.05) is 32.0 Å². The van der Waals surface area contributed by atoms with E-state index in [9.17, 15) is 8.42 Å². The van der Waals surface area contributed by atoms with Crippen molar-refractivity contribution in [2.24, 2.45) is 0 Å². The van der Waals surface area contributed by atoms with Crippen molar-refractivity contribution in [1.29, 1.82) is 0 Å². The van der Waals surface area contributed by atoms with Gasteiger partial charge in [0.1, 0.15) is 5.75 Å². The minimum atomic E-state index is -3.61. The SMILES string of the molecule is COc1ccc(S(=O)(=O)NCC(C)(C)c2c[nH]c3ccccc23)c(C)c1. The van der Waals surface area contributed by atoms with Crippen LogP contribution in [-0.4, -0.2) is 27.1 Å². The molecule has 0 saturated heterocycles. The summed E-state index contributed by atoms with van der Waals surface area (Å²) in [5.74, 6) is 0.639. The van der Waals surface area contributed by atoms with Crippen molar-refractivity contribution < 1.29 is 13.2 Å². The lowest BCUT2D eigenvalue weighted by molar-refractivity contribution is 0.414. The summed E-state index contributed by atoms with van der Waals surface area (Å²) < 4.78 is 33.5. The molecule has 0 bridgehead atoms. The van der Waals surface area contributed by atoms with Crippen LogP contribution in [0.25, 0.3) is 10.9 Å². The summed E-state index contributed by atoms with van der Waals surface area (Å²) in [6.07, 6.45) is 1.96. The molecule has 138 valence electrons. The summed E-state index contributed by atoms with van der Waals surface area (Å²) in [6.45, 7) is 6.13. The zero-order valence-electron chi connectivity index (χ0n) is 15.5. The summed E-state index contributed by atoms with van der Waals surface area (Å²) in [6, 6.07) is 13.0. The van der Waals surface area contributed by atoms with Crippen LogP contribution in [-0.2, 0) is 15.4 Å². The molecule has 0 radical (unpaired) electrons. The molecule has 3 rings (SSSR count). The minimum absolute atomic E-state index is 0.271. The molecule has 1 aromatic heterocycles. The van der Waals surface area contributed by atoms with Gasteiger partial charge in [0.25, 0.3) is 0 Å². The molecule has 5 nitrogen and oxygen atoms in total. The number of hydrogen-bond donors (Lipinski definition) is 2. The maximum absolute atomic E-state index is 12.8. The predicted octanol–water partition coefficient (Wildman–Crippen LogP) is 3.74. The number of aryl methyl sites for hydroxylation is 1. The molecule has 2 aromatic carbocycles. The Kier molecular flexibility index (Phi) is 4.82. The smallest absolute Gasteiger partial charge is 0.240 e. The largest absolute Gasteiger partial charge is 0.497 e. The fourth-order valence-corrected chi connectivity index (χ4v) is 4.57. The average Bonchev–Trinajstić information content (AvgIpc) is 3.05. The third kappa shape index (κ3) is 3.48. The molecule has 0 aliphatic carbocycles. The molecular weight excluding hydrogens is 348 g/mol. The van der Waals surface area contributed by atoms with Crippen molar-refractivity contribution in [3.05, 3.63) is 59.8 Å². The van der Waals surface area contributed by atoms with Crippen molar-refractivity contribution in [2.75, 3.05) is 13.7 Å². The van der Waals surface area contributed by atoms with Gasteiger partial charge in [-0.3, -0.25) is 0 Å². The predicted molar refractivity (Wildman–Crippen MR) is 104 cm³/mol. The lowest BCUT2D eigenvalue weighted by Crippen LogP contribution is -2.36. The lowest BCUT2D eigenvalue weighted by Gasteiger charge is -2.25. The number of methoxy groups -OCH3 is 1. The van der Waals surface area contributed by atoms with Crippen LogP contribution in [0.5, 0.6) is 5.75 Å². The molecule has 26 heavy (non-hydrogen) atoms. The molecule has 2 N–H and O–H groups in total. The quantitative estimate of drug-likeness (QED) is 0.692. The van der Waals surface area contributed by atoms with Crippen LogP contribution in [0, 0.1) is 6.92 Å². The number of nitrogens with one attached hydrogen (secondary N) is 2. The van der Waals surface area contributed by atoms with E-state index in [1.165, 1.54) is 0 Å². The molecule has 0 atom stereocenters. The van der Waals surface area contributed by atoms with Gasteiger partial charge in [-0.25, -0.2) is 13.1 Å². The van der Waals surface area contributed by atoms with Crippen molar-refractivity contribution >= 4 is 20.9 Å². The van der Waals surface area contributed by atoms with Crippen molar-refractivity contribution in [1.82, 2.24) is 9.71 Å². The first kappa shape index (κ1) is 18.5. The number of aromatic nitrogens is 1. The van der Waals surface area contributed by atoms with Gasteiger partial charge >= 0.3 is 0 Å². The number of ether oxygens (including phenoxy) is 1. The summed E-state index contributed by atoms with van der Waals surface area (Å²) >= 11 is 0. The fraction of sp³-hybridized carbons (Fsp3) is 0.300. The molecule has 0 aliphatic heterocycles. The zero-order valence-corrected chi connectivity index (χ0v) is 16.3. The van der Waals surface area contributed by atoms with E-state index in [0.717, 1.165) is 16.5 Å². The summed E-state index contributed by atoms with van der Waals surface area (Å²) in [4.78, 5) is 3.53. The highest BCUT2D eigenvalue weighted by Gasteiger charge is 2.27. The third-order valence-corrected chi connectivity index (χ3v) is 6.26. The maximum atomic E-state index is 12.8. The lowest BCUT2D eigenvalue weighted by atomic mass is 9.85.